The van der Waals surface area contributed by atoms with Crippen molar-refractivity contribution in [2.45, 2.75) is 19.1 Å². The minimum absolute atomic E-state index is 0.110. The van der Waals surface area contributed by atoms with Crippen LogP contribution in [-0.2, 0) is 4.79 Å². The first kappa shape index (κ1) is 16.0. The summed E-state index contributed by atoms with van der Waals surface area (Å²) in [6.07, 6.45) is -4.39. The molecule has 1 saturated heterocycles. The predicted octanol–water partition coefficient (Wildman–Crippen LogP) is 2.54. The van der Waals surface area contributed by atoms with Crippen LogP contribution in [0.2, 0.25) is 0 Å². The first-order valence-electron chi connectivity index (χ1n) is 6.28. The highest BCUT2D eigenvalue weighted by Crippen LogP contribution is 2.27. The van der Waals surface area contributed by atoms with E-state index in [0.717, 1.165) is 0 Å². The van der Waals surface area contributed by atoms with Crippen LogP contribution >= 0.6 is 11.8 Å². The molecule has 1 unspecified atom stereocenters. The fourth-order valence-corrected chi connectivity index (χ4v) is 2.79. The van der Waals surface area contributed by atoms with E-state index in [0.29, 0.717) is 22.9 Å². The van der Waals surface area contributed by atoms with Crippen LogP contribution in [0.25, 0.3) is 0 Å². The van der Waals surface area contributed by atoms with Crippen molar-refractivity contribution >= 4 is 23.4 Å². The van der Waals surface area contributed by atoms with Crippen molar-refractivity contribution in [2.75, 3.05) is 23.6 Å². The topological polar surface area (TPSA) is 50.4 Å². The van der Waals surface area contributed by atoms with E-state index < -0.39 is 12.8 Å². The number of ether oxygens (including phenoxy) is 1. The van der Waals surface area contributed by atoms with Crippen LogP contribution in [0, 0.1) is 6.92 Å². The highest BCUT2D eigenvalue weighted by Gasteiger charge is 2.29. The van der Waals surface area contributed by atoms with Gasteiger partial charge in [0.1, 0.15) is 5.75 Å². The fraction of sp³-hybridized carbons (Fsp3) is 0.462. The molecule has 1 heterocycles. The second kappa shape index (κ2) is 6.57. The van der Waals surface area contributed by atoms with Gasteiger partial charge in [0.2, 0.25) is 5.91 Å². The van der Waals surface area contributed by atoms with E-state index in [-0.39, 0.29) is 17.7 Å². The van der Waals surface area contributed by atoms with Gasteiger partial charge in [-0.2, -0.15) is 13.2 Å². The lowest BCUT2D eigenvalue weighted by atomic mass is 10.1. The quantitative estimate of drug-likeness (QED) is 0.895. The summed E-state index contributed by atoms with van der Waals surface area (Å²) in [4.78, 5) is 12.0. The molecule has 0 aliphatic carbocycles. The maximum atomic E-state index is 12.2. The summed E-state index contributed by atoms with van der Waals surface area (Å²) < 4.78 is 41.3. The highest BCUT2D eigenvalue weighted by atomic mass is 32.2. The number of anilines is 1. The smallest absolute Gasteiger partial charge is 0.422 e. The van der Waals surface area contributed by atoms with Gasteiger partial charge in [0.25, 0.3) is 0 Å². The predicted molar refractivity (Wildman–Crippen MR) is 75.6 cm³/mol. The number of benzene rings is 1. The lowest BCUT2D eigenvalue weighted by Crippen LogP contribution is -2.37. The van der Waals surface area contributed by atoms with Crippen molar-refractivity contribution in [2.24, 2.45) is 0 Å². The summed E-state index contributed by atoms with van der Waals surface area (Å²) in [7, 11) is 0. The number of halogens is 3. The zero-order valence-corrected chi connectivity index (χ0v) is 12.1. The van der Waals surface area contributed by atoms with Crippen molar-refractivity contribution in [3.05, 3.63) is 23.8 Å². The summed E-state index contributed by atoms with van der Waals surface area (Å²) in [5.74, 6) is 1.30. The molecule has 1 aromatic rings. The van der Waals surface area contributed by atoms with Crippen LogP contribution in [0.5, 0.6) is 5.75 Å². The lowest BCUT2D eigenvalue weighted by molar-refractivity contribution is -0.153. The molecule has 2 rings (SSSR count). The number of hydrogen-bond donors (Lipinski definition) is 2. The molecule has 116 valence electrons. The maximum absolute atomic E-state index is 12.2. The summed E-state index contributed by atoms with van der Waals surface area (Å²) in [6, 6.07) is 4.34. The summed E-state index contributed by atoms with van der Waals surface area (Å²) in [6.45, 7) is 0.254. The van der Waals surface area contributed by atoms with E-state index in [2.05, 4.69) is 10.6 Å². The number of nitrogens with one attached hydrogen (secondary N) is 2. The molecule has 1 aromatic carbocycles. The Morgan fingerprint density at radius 1 is 1.52 bits per heavy atom. The van der Waals surface area contributed by atoms with Crippen molar-refractivity contribution in [1.29, 1.82) is 0 Å². The van der Waals surface area contributed by atoms with Crippen LogP contribution in [0.15, 0.2) is 18.2 Å². The number of hydrogen-bond acceptors (Lipinski definition) is 4. The van der Waals surface area contributed by atoms with Crippen molar-refractivity contribution in [3.8, 4) is 5.75 Å². The van der Waals surface area contributed by atoms with Crippen LogP contribution < -0.4 is 15.4 Å². The van der Waals surface area contributed by atoms with E-state index in [1.165, 1.54) is 6.07 Å². The number of rotatable bonds is 4. The Bertz CT molecular complexity index is 517. The summed E-state index contributed by atoms with van der Waals surface area (Å²) in [5.41, 5.74) is 0.930. The minimum Gasteiger partial charge on any atom is -0.484 e. The van der Waals surface area contributed by atoms with Gasteiger partial charge in [0, 0.05) is 22.9 Å². The third-order valence-corrected chi connectivity index (χ3v) is 3.91. The van der Waals surface area contributed by atoms with Crippen LogP contribution in [0.3, 0.4) is 0 Å². The van der Waals surface area contributed by atoms with Crippen molar-refractivity contribution in [3.63, 3.8) is 0 Å². The molecule has 1 fully saturated rings. The molecule has 21 heavy (non-hydrogen) atoms. The van der Waals surface area contributed by atoms with E-state index in [1.807, 2.05) is 0 Å². The van der Waals surface area contributed by atoms with Crippen LogP contribution in [0.4, 0.5) is 18.9 Å². The third kappa shape index (κ3) is 4.53. The monoisotopic (exact) mass is 320 g/mol. The van der Waals surface area contributed by atoms with Gasteiger partial charge in [0.15, 0.2) is 6.61 Å². The normalized spacial score (nSPS) is 18.6. The van der Waals surface area contributed by atoms with E-state index in [4.69, 9.17) is 4.74 Å². The zero-order valence-electron chi connectivity index (χ0n) is 11.3. The molecule has 1 amide bonds. The lowest BCUT2D eigenvalue weighted by Gasteiger charge is -2.16. The summed E-state index contributed by atoms with van der Waals surface area (Å²) >= 11 is 1.62. The Balaban J connectivity index is 2.04. The van der Waals surface area contributed by atoms with Gasteiger partial charge in [-0.1, -0.05) is 6.07 Å². The Morgan fingerprint density at radius 3 is 2.90 bits per heavy atom. The van der Waals surface area contributed by atoms with Crippen molar-refractivity contribution < 1.29 is 22.7 Å². The van der Waals surface area contributed by atoms with Gasteiger partial charge in [-0.25, -0.2) is 0 Å². The fourth-order valence-electron chi connectivity index (χ4n) is 1.85. The third-order valence-electron chi connectivity index (χ3n) is 2.97. The molecule has 1 aliphatic rings. The average molecular weight is 320 g/mol. The molecular formula is C13H15F3N2O2S. The van der Waals surface area contributed by atoms with Crippen LogP contribution in [0.1, 0.15) is 5.56 Å². The molecule has 0 bridgehead atoms. The number of amides is 1. The van der Waals surface area contributed by atoms with Crippen molar-refractivity contribution in [1.82, 2.24) is 5.32 Å². The molecule has 2 N–H and O–H groups in total. The average Bonchev–Trinajstić information content (AvgIpc) is 2.92. The number of alkyl halides is 3. The van der Waals surface area contributed by atoms with Gasteiger partial charge < -0.3 is 10.1 Å². The number of thioether (sulfide) groups is 1. The first-order chi connectivity index (χ1) is 9.87. The number of carbonyl (C=O) groups is 1. The van der Waals surface area contributed by atoms with E-state index in [1.54, 1.807) is 30.8 Å². The molecule has 1 aliphatic heterocycles. The maximum Gasteiger partial charge on any atom is 0.422 e. The second-order valence-corrected chi connectivity index (χ2v) is 5.62. The Hall–Kier alpha value is -1.41. The van der Waals surface area contributed by atoms with E-state index in [9.17, 15) is 18.0 Å². The molecule has 8 heteroatoms. The van der Waals surface area contributed by atoms with E-state index >= 15 is 0 Å². The Labute approximate surface area is 124 Å². The molecule has 0 aromatic heterocycles. The van der Waals surface area contributed by atoms with Gasteiger partial charge in [-0.15, -0.1) is 11.8 Å². The molecule has 0 radical (unpaired) electrons. The Kier molecular flexibility index (Phi) is 5.00. The van der Waals surface area contributed by atoms with Gasteiger partial charge in [-0.05, 0) is 19.1 Å². The van der Waals surface area contributed by atoms with Gasteiger partial charge >= 0.3 is 6.18 Å². The SMILES string of the molecule is Cc1c(NC(=O)C2CSCN2)cccc1OCC(F)(F)F. The minimum atomic E-state index is -4.39. The second-order valence-electron chi connectivity index (χ2n) is 4.59. The summed E-state index contributed by atoms with van der Waals surface area (Å²) in [5, 5.41) is 5.74. The highest BCUT2D eigenvalue weighted by molar-refractivity contribution is 7.99. The molecule has 1 atom stereocenters. The van der Waals surface area contributed by atoms with Gasteiger partial charge in [0.05, 0.1) is 6.04 Å². The van der Waals surface area contributed by atoms with Crippen LogP contribution in [-0.4, -0.2) is 36.4 Å². The molecule has 0 spiro atoms. The first-order valence-corrected chi connectivity index (χ1v) is 7.43. The zero-order chi connectivity index (χ0) is 15.5. The standard InChI is InChI=1S/C13H15F3N2O2S/c1-8-9(18-12(19)10-5-21-7-17-10)3-2-4-11(8)20-6-13(14,15)16/h2-4,10,17H,5-7H2,1H3,(H,18,19). The molecule has 0 saturated carbocycles. The number of carbonyl (C=O) groups excluding carboxylic acids is 1. The van der Waals surface area contributed by atoms with Gasteiger partial charge in [-0.3, -0.25) is 10.1 Å². The molecule has 4 nitrogen and oxygen atoms in total. The Morgan fingerprint density at radius 2 is 2.29 bits per heavy atom. The largest absolute Gasteiger partial charge is 0.484 e. The molecular weight excluding hydrogens is 305 g/mol.